The highest BCUT2D eigenvalue weighted by molar-refractivity contribution is 5.98. The lowest BCUT2D eigenvalue weighted by Crippen LogP contribution is -2.10. The maximum Gasteiger partial charge on any atom is 0.318 e. The van der Waals surface area contributed by atoms with Crippen LogP contribution in [0.1, 0.15) is 22.8 Å². The van der Waals surface area contributed by atoms with Gasteiger partial charge in [-0.05, 0) is 13.8 Å². The summed E-state index contributed by atoms with van der Waals surface area (Å²) in [5.41, 5.74) is -3.33. The van der Waals surface area contributed by atoms with Gasteiger partial charge in [0.05, 0.1) is 4.92 Å². The van der Waals surface area contributed by atoms with Crippen molar-refractivity contribution in [2.24, 2.45) is 0 Å². The molecule has 4 nitrogen and oxygen atoms in total. The van der Waals surface area contributed by atoms with E-state index in [0.717, 1.165) is 13.8 Å². The summed E-state index contributed by atoms with van der Waals surface area (Å²) >= 11 is 0. The number of nitro benzene ring substituents is 1. The van der Waals surface area contributed by atoms with Crippen LogP contribution in [-0.2, 0) is 0 Å². The predicted molar refractivity (Wildman–Crippen MR) is 47.7 cm³/mol. The van der Waals surface area contributed by atoms with E-state index in [0.29, 0.717) is 0 Å². The standard InChI is InChI=1S/C9H6F3NO3/c1-3-6(10)8(12)5(4(2)14)9(7(3)11)13(15)16/h1-2H3. The zero-order chi connectivity index (χ0) is 12.6. The number of ketones is 1. The molecule has 0 atom stereocenters. The molecule has 0 aliphatic rings. The SMILES string of the molecule is CC(=O)c1c(F)c(F)c(C)c(F)c1[N+](=O)[O-]. The molecule has 0 saturated carbocycles. The third-order valence-corrected chi connectivity index (χ3v) is 2.05. The minimum absolute atomic E-state index is 0.791. The summed E-state index contributed by atoms with van der Waals surface area (Å²) in [6.45, 7) is 1.64. The Kier molecular flexibility index (Phi) is 2.97. The van der Waals surface area contributed by atoms with Crippen LogP contribution in [0.25, 0.3) is 0 Å². The van der Waals surface area contributed by atoms with Crippen LogP contribution in [0.3, 0.4) is 0 Å². The number of halogens is 3. The van der Waals surface area contributed by atoms with E-state index in [1.807, 2.05) is 0 Å². The smallest absolute Gasteiger partial charge is 0.294 e. The molecule has 0 heterocycles. The number of hydrogen-bond acceptors (Lipinski definition) is 3. The van der Waals surface area contributed by atoms with Crippen LogP contribution in [-0.4, -0.2) is 10.7 Å². The number of carbonyl (C=O) groups excluding carboxylic acids is 1. The van der Waals surface area contributed by atoms with Gasteiger partial charge in [-0.1, -0.05) is 0 Å². The largest absolute Gasteiger partial charge is 0.318 e. The van der Waals surface area contributed by atoms with E-state index in [2.05, 4.69) is 0 Å². The Labute approximate surface area is 87.8 Å². The highest BCUT2D eigenvalue weighted by atomic mass is 19.2. The second-order valence-electron chi connectivity index (χ2n) is 3.10. The van der Waals surface area contributed by atoms with Crippen molar-refractivity contribution in [3.05, 3.63) is 38.7 Å². The lowest BCUT2D eigenvalue weighted by molar-refractivity contribution is -0.388. The molecule has 0 aliphatic carbocycles. The van der Waals surface area contributed by atoms with Crippen LogP contribution in [0.5, 0.6) is 0 Å². The Morgan fingerprint density at radius 1 is 1.19 bits per heavy atom. The maximum absolute atomic E-state index is 13.3. The third-order valence-electron chi connectivity index (χ3n) is 2.05. The molecule has 0 aliphatic heterocycles. The number of nitro groups is 1. The van der Waals surface area contributed by atoms with E-state index in [1.165, 1.54) is 0 Å². The number of rotatable bonds is 2. The monoisotopic (exact) mass is 233 g/mol. The summed E-state index contributed by atoms with van der Waals surface area (Å²) in [6, 6.07) is 0. The zero-order valence-corrected chi connectivity index (χ0v) is 8.31. The highest BCUT2D eigenvalue weighted by Crippen LogP contribution is 2.30. The first-order valence-corrected chi connectivity index (χ1v) is 4.11. The van der Waals surface area contributed by atoms with Gasteiger partial charge in [-0.3, -0.25) is 14.9 Å². The van der Waals surface area contributed by atoms with Gasteiger partial charge in [0.15, 0.2) is 17.4 Å². The van der Waals surface area contributed by atoms with E-state index >= 15 is 0 Å². The Morgan fingerprint density at radius 3 is 2.06 bits per heavy atom. The average Bonchev–Trinajstić information content (AvgIpc) is 2.18. The summed E-state index contributed by atoms with van der Waals surface area (Å²) in [7, 11) is 0. The summed E-state index contributed by atoms with van der Waals surface area (Å²) < 4.78 is 39.6. The quantitative estimate of drug-likeness (QED) is 0.341. The molecule has 0 bridgehead atoms. The Bertz CT molecular complexity index is 455. The summed E-state index contributed by atoms with van der Waals surface area (Å²) in [5, 5.41) is 10.5. The molecular formula is C9H6F3NO3. The molecular weight excluding hydrogens is 227 g/mol. The van der Waals surface area contributed by atoms with Crippen molar-refractivity contribution >= 4 is 11.5 Å². The second kappa shape index (κ2) is 3.92. The molecule has 1 aromatic rings. The van der Waals surface area contributed by atoms with E-state index in [-0.39, 0.29) is 0 Å². The van der Waals surface area contributed by atoms with Gasteiger partial charge in [-0.2, -0.15) is 4.39 Å². The van der Waals surface area contributed by atoms with Crippen molar-refractivity contribution < 1.29 is 22.9 Å². The topological polar surface area (TPSA) is 60.2 Å². The number of benzene rings is 1. The van der Waals surface area contributed by atoms with Gasteiger partial charge < -0.3 is 0 Å². The summed E-state index contributed by atoms with van der Waals surface area (Å²) in [5.74, 6) is -5.93. The Balaban J connectivity index is 3.83. The van der Waals surface area contributed by atoms with Crippen molar-refractivity contribution in [1.82, 2.24) is 0 Å². The number of nitrogens with zero attached hydrogens (tertiary/aromatic N) is 1. The number of hydrogen-bond donors (Lipinski definition) is 0. The lowest BCUT2D eigenvalue weighted by Gasteiger charge is -2.06. The first-order valence-electron chi connectivity index (χ1n) is 4.11. The molecule has 0 fully saturated rings. The van der Waals surface area contributed by atoms with E-state index in [9.17, 15) is 28.1 Å². The van der Waals surface area contributed by atoms with Crippen molar-refractivity contribution in [3.8, 4) is 0 Å². The van der Waals surface area contributed by atoms with Gasteiger partial charge >= 0.3 is 5.69 Å². The fourth-order valence-electron chi connectivity index (χ4n) is 1.25. The molecule has 0 amide bonds. The van der Waals surface area contributed by atoms with Crippen molar-refractivity contribution in [2.45, 2.75) is 13.8 Å². The normalized spacial score (nSPS) is 10.3. The second-order valence-corrected chi connectivity index (χ2v) is 3.10. The molecule has 86 valence electrons. The van der Waals surface area contributed by atoms with Crippen LogP contribution in [0.15, 0.2) is 0 Å². The molecule has 0 unspecified atom stereocenters. The molecule has 0 radical (unpaired) electrons. The van der Waals surface area contributed by atoms with Crippen molar-refractivity contribution in [3.63, 3.8) is 0 Å². The van der Waals surface area contributed by atoms with Crippen LogP contribution < -0.4 is 0 Å². The highest BCUT2D eigenvalue weighted by Gasteiger charge is 2.32. The van der Waals surface area contributed by atoms with Crippen molar-refractivity contribution in [1.29, 1.82) is 0 Å². The lowest BCUT2D eigenvalue weighted by atomic mass is 10.0. The molecule has 16 heavy (non-hydrogen) atoms. The predicted octanol–water partition coefficient (Wildman–Crippen LogP) is 2.52. The average molecular weight is 233 g/mol. The third kappa shape index (κ3) is 1.64. The van der Waals surface area contributed by atoms with E-state index < -0.39 is 45.0 Å². The van der Waals surface area contributed by atoms with Gasteiger partial charge in [0, 0.05) is 5.56 Å². The molecule has 1 aromatic carbocycles. The van der Waals surface area contributed by atoms with Crippen LogP contribution >= 0.6 is 0 Å². The summed E-state index contributed by atoms with van der Waals surface area (Å²) in [6.07, 6.45) is 0. The summed E-state index contributed by atoms with van der Waals surface area (Å²) in [4.78, 5) is 20.2. The Morgan fingerprint density at radius 2 is 1.69 bits per heavy atom. The number of carbonyl (C=O) groups is 1. The molecule has 1 rings (SSSR count). The van der Waals surface area contributed by atoms with Crippen LogP contribution in [0, 0.1) is 34.5 Å². The molecule has 0 N–H and O–H groups in total. The van der Waals surface area contributed by atoms with Crippen LogP contribution in [0.2, 0.25) is 0 Å². The molecule has 0 spiro atoms. The minimum atomic E-state index is -1.70. The van der Waals surface area contributed by atoms with Gasteiger partial charge in [0.25, 0.3) is 0 Å². The molecule has 0 aromatic heterocycles. The van der Waals surface area contributed by atoms with Crippen LogP contribution in [0.4, 0.5) is 18.9 Å². The molecule has 7 heteroatoms. The number of Topliss-reactive ketones (excluding diaryl/α,β-unsaturated/α-hetero) is 1. The van der Waals surface area contributed by atoms with Crippen molar-refractivity contribution in [2.75, 3.05) is 0 Å². The first-order chi connectivity index (χ1) is 7.29. The maximum atomic E-state index is 13.3. The van der Waals surface area contributed by atoms with Gasteiger partial charge in [-0.25, -0.2) is 8.78 Å². The van der Waals surface area contributed by atoms with Gasteiger partial charge in [0.1, 0.15) is 5.56 Å². The minimum Gasteiger partial charge on any atom is -0.294 e. The van der Waals surface area contributed by atoms with Gasteiger partial charge in [0.2, 0.25) is 5.82 Å². The van der Waals surface area contributed by atoms with Gasteiger partial charge in [-0.15, -0.1) is 0 Å². The Hall–Kier alpha value is -1.92. The fraction of sp³-hybridized carbons (Fsp3) is 0.222. The fourth-order valence-corrected chi connectivity index (χ4v) is 1.25. The van der Waals surface area contributed by atoms with E-state index in [4.69, 9.17) is 0 Å². The zero-order valence-electron chi connectivity index (χ0n) is 8.31. The van der Waals surface area contributed by atoms with E-state index in [1.54, 1.807) is 0 Å². The molecule has 0 saturated heterocycles. The first kappa shape index (κ1) is 12.2.